The van der Waals surface area contributed by atoms with Crippen LogP contribution in [0.3, 0.4) is 0 Å². The molecule has 3 fully saturated rings. The van der Waals surface area contributed by atoms with Crippen LogP contribution in [0, 0.1) is 12.3 Å². The van der Waals surface area contributed by atoms with Gasteiger partial charge in [-0.05, 0) is 44.7 Å². The van der Waals surface area contributed by atoms with E-state index >= 15 is 0 Å². The minimum absolute atomic E-state index is 0.826. The van der Waals surface area contributed by atoms with Crippen LogP contribution in [0.1, 0.15) is 26.2 Å². The van der Waals surface area contributed by atoms with Gasteiger partial charge in [-0.25, -0.2) is 0 Å². The molecule has 2 bridgehead atoms. The van der Waals surface area contributed by atoms with Crippen molar-refractivity contribution in [2.75, 3.05) is 13.1 Å². The fourth-order valence-corrected chi connectivity index (χ4v) is 2.27. The standard InChI is InChI=1S/C9H16N/c1-2-9-7-8-3-5-10(9)6-4-8/h7-9H,2-6H2,1H3. The molecule has 3 saturated heterocycles. The van der Waals surface area contributed by atoms with Crippen molar-refractivity contribution in [1.82, 2.24) is 4.90 Å². The van der Waals surface area contributed by atoms with E-state index in [0.717, 1.165) is 12.0 Å². The molecule has 1 nitrogen and oxygen atoms in total. The van der Waals surface area contributed by atoms with Crippen LogP contribution in [0.15, 0.2) is 0 Å². The van der Waals surface area contributed by atoms with Crippen LogP contribution in [0.4, 0.5) is 0 Å². The van der Waals surface area contributed by atoms with E-state index in [0.29, 0.717) is 0 Å². The molecule has 10 heavy (non-hydrogen) atoms. The summed E-state index contributed by atoms with van der Waals surface area (Å²) < 4.78 is 0. The van der Waals surface area contributed by atoms with Crippen LogP contribution in [0.25, 0.3) is 0 Å². The van der Waals surface area contributed by atoms with Gasteiger partial charge in [0.05, 0.1) is 0 Å². The molecule has 0 aliphatic carbocycles. The van der Waals surface area contributed by atoms with Crippen LogP contribution in [-0.2, 0) is 0 Å². The largest absolute Gasteiger partial charge is 0.300 e. The van der Waals surface area contributed by atoms with E-state index in [2.05, 4.69) is 18.2 Å². The summed E-state index contributed by atoms with van der Waals surface area (Å²) in [5, 5.41) is 0. The highest BCUT2D eigenvalue weighted by atomic mass is 15.2. The molecule has 3 aliphatic rings. The molecule has 1 radical (unpaired) electrons. The average Bonchev–Trinajstić information content (AvgIpc) is 2.06. The number of nitrogens with zero attached hydrogens (tertiary/aromatic N) is 1. The first kappa shape index (κ1) is 6.66. The molecular weight excluding hydrogens is 122 g/mol. The lowest BCUT2D eigenvalue weighted by Gasteiger charge is -2.44. The first-order chi connectivity index (χ1) is 4.90. The van der Waals surface area contributed by atoms with Crippen LogP contribution in [0.5, 0.6) is 0 Å². The third-order valence-electron chi connectivity index (χ3n) is 2.96. The van der Waals surface area contributed by atoms with Crippen molar-refractivity contribution in [3.63, 3.8) is 0 Å². The fourth-order valence-electron chi connectivity index (χ4n) is 2.27. The molecule has 3 aliphatic heterocycles. The molecule has 1 unspecified atom stereocenters. The third-order valence-corrected chi connectivity index (χ3v) is 2.96. The molecular formula is C9H16N. The topological polar surface area (TPSA) is 3.24 Å². The van der Waals surface area contributed by atoms with E-state index in [1.807, 2.05) is 0 Å². The first-order valence-electron chi connectivity index (χ1n) is 4.49. The number of piperidine rings is 3. The highest BCUT2D eigenvalue weighted by Gasteiger charge is 2.32. The van der Waals surface area contributed by atoms with Crippen LogP contribution < -0.4 is 0 Å². The molecule has 0 aromatic carbocycles. The van der Waals surface area contributed by atoms with Gasteiger partial charge in [-0.3, -0.25) is 0 Å². The normalized spacial score (nSPS) is 45.9. The van der Waals surface area contributed by atoms with E-state index in [1.165, 1.54) is 32.4 Å². The van der Waals surface area contributed by atoms with Gasteiger partial charge < -0.3 is 4.90 Å². The molecule has 3 rings (SSSR count). The second-order valence-electron chi connectivity index (χ2n) is 3.54. The van der Waals surface area contributed by atoms with Gasteiger partial charge in [0, 0.05) is 6.04 Å². The number of hydrogen-bond donors (Lipinski definition) is 0. The van der Waals surface area contributed by atoms with Crippen molar-refractivity contribution in [3.8, 4) is 0 Å². The zero-order valence-corrected chi connectivity index (χ0v) is 6.71. The number of hydrogen-bond acceptors (Lipinski definition) is 1. The Morgan fingerprint density at radius 2 is 2.10 bits per heavy atom. The van der Waals surface area contributed by atoms with Crippen LogP contribution in [0.2, 0.25) is 0 Å². The van der Waals surface area contributed by atoms with Crippen LogP contribution >= 0.6 is 0 Å². The summed E-state index contributed by atoms with van der Waals surface area (Å²) in [4.78, 5) is 2.62. The monoisotopic (exact) mass is 138 g/mol. The zero-order chi connectivity index (χ0) is 6.97. The second kappa shape index (κ2) is 2.54. The van der Waals surface area contributed by atoms with Crippen molar-refractivity contribution >= 4 is 0 Å². The maximum Gasteiger partial charge on any atom is 0.0127 e. The van der Waals surface area contributed by atoms with Crippen molar-refractivity contribution < 1.29 is 0 Å². The number of fused-ring (bicyclic) bond motifs is 3. The van der Waals surface area contributed by atoms with Gasteiger partial charge in [-0.1, -0.05) is 6.92 Å². The van der Waals surface area contributed by atoms with Crippen molar-refractivity contribution in [2.45, 2.75) is 32.2 Å². The van der Waals surface area contributed by atoms with E-state index in [-0.39, 0.29) is 0 Å². The maximum atomic E-state index is 2.62. The fraction of sp³-hybridized carbons (Fsp3) is 0.889. The summed E-state index contributed by atoms with van der Waals surface area (Å²) in [6, 6.07) is 0.826. The molecule has 0 amide bonds. The Morgan fingerprint density at radius 1 is 1.40 bits per heavy atom. The van der Waals surface area contributed by atoms with Crippen LogP contribution in [-0.4, -0.2) is 24.0 Å². The van der Waals surface area contributed by atoms with Crippen molar-refractivity contribution in [1.29, 1.82) is 0 Å². The van der Waals surface area contributed by atoms with Gasteiger partial charge >= 0.3 is 0 Å². The van der Waals surface area contributed by atoms with Gasteiger partial charge in [0.25, 0.3) is 0 Å². The molecule has 0 spiro atoms. The van der Waals surface area contributed by atoms with E-state index in [9.17, 15) is 0 Å². The summed E-state index contributed by atoms with van der Waals surface area (Å²) in [6.07, 6.45) is 6.73. The molecule has 0 aromatic rings. The van der Waals surface area contributed by atoms with Crippen molar-refractivity contribution in [3.05, 3.63) is 6.42 Å². The minimum Gasteiger partial charge on any atom is -0.300 e. The zero-order valence-electron chi connectivity index (χ0n) is 6.71. The molecule has 0 N–H and O–H groups in total. The van der Waals surface area contributed by atoms with Crippen molar-refractivity contribution in [2.24, 2.45) is 5.92 Å². The Kier molecular flexibility index (Phi) is 1.69. The van der Waals surface area contributed by atoms with Gasteiger partial charge in [0.15, 0.2) is 0 Å². The Balaban J connectivity index is 2.01. The minimum atomic E-state index is 0.826. The van der Waals surface area contributed by atoms with Gasteiger partial charge in [0.2, 0.25) is 0 Å². The van der Waals surface area contributed by atoms with E-state index in [4.69, 9.17) is 0 Å². The highest BCUT2D eigenvalue weighted by Crippen LogP contribution is 2.31. The quantitative estimate of drug-likeness (QED) is 0.533. The molecule has 0 saturated carbocycles. The lowest BCUT2D eigenvalue weighted by atomic mass is 9.82. The molecule has 3 heterocycles. The molecule has 57 valence electrons. The SMILES string of the molecule is CCC1[CH]C2CCN1CC2. The van der Waals surface area contributed by atoms with Gasteiger partial charge in [-0.15, -0.1) is 0 Å². The predicted octanol–water partition coefficient (Wildman–Crippen LogP) is 1.69. The lowest BCUT2D eigenvalue weighted by molar-refractivity contribution is 0.0958. The summed E-state index contributed by atoms with van der Waals surface area (Å²) in [5.41, 5.74) is 0. The average molecular weight is 138 g/mol. The summed E-state index contributed by atoms with van der Waals surface area (Å²) in [7, 11) is 0. The third kappa shape index (κ3) is 0.968. The predicted molar refractivity (Wildman–Crippen MR) is 42.7 cm³/mol. The Hall–Kier alpha value is -0.0400. The maximum absolute atomic E-state index is 2.62. The Morgan fingerprint density at radius 3 is 2.40 bits per heavy atom. The van der Waals surface area contributed by atoms with Gasteiger partial charge in [0.1, 0.15) is 0 Å². The second-order valence-corrected chi connectivity index (χ2v) is 3.54. The summed E-state index contributed by atoms with van der Waals surface area (Å²) in [5.74, 6) is 0.968. The first-order valence-corrected chi connectivity index (χ1v) is 4.49. The number of rotatable bonds is 1. The lowest BCUT2D eigenvalue weighted by Crippen LogP contribution is -2.48. The molecule has 1 atom stereocenters. The molecule has 1 heteroatoms. The Bertz CT molecular complexity index is 114. The summed E-state index contributed by atoms with van der Waals surface area (Å²) in [6.45, 7) is 5.02. The summed E-state index contributed by atoms with van der Waals surface area (Å²) >= 11 is 0. The van der Waals surface area contributed by atoms with E-state index < -0.39 is 0 Å². The smallest absolute Gasteiger partial charge is 0.0127 e. The Labute approximate surface area is 63.4 Å². The molecule has 0 aromatic heterocycles. The van der Waals surface area contributed by atoms with Gasteiger partial charge in [-0.2, -0.15) is 0 Å². The highest BCUT2D eigenvalue weighted by molar-refractivity contribution is 4.99. The van der Waals surface area contributed by atoms with E-state index in [1.54, 1.807) is 0 Å².